The lowest BCUT2D eigenvalue weighted by molar-refractivity contribution is 0.0351. The van der Waals surface area contributed by atoms with Crippen LogP contribution in [0.3, 0.4) is 0 Å². The van der Waals surface area contributed by atoms with Crippen molar-refractivity contribution in [1.82, 2.24) is 4.90 Å². The maximum absolute atomic E-state index is 12.7. The molecule has 0 radical (unpaired) electrons. The number of amides is 1. The van der Waals surface area contributed by atoms with E-state index in [-0.39, 0.29) is 11.8 Å². The molecular formula is C17H24N2O3. The standard InChI is InChI=1S/C17H24N2O3/c1-13-11-19(12-17(13,2)21)16(20)14-4-3-5-15(10-14)18-6-8-22-9-7-18/h3-5,10,13,21H,6-9,11-12H2,1-2H3. The molecule has 5 heteroatoms. The van der Waals surface area contributed by atoms with Gasteiger partial charge in [0.2, 0.25) is 0 Å². The topological polar surface area (TPSA) is 53.0 Å². The van der Waals surface area contributed by atoms with Crippen LogP contribution < -0.4 is 4.90 Å². The number of likely N-dealkylation sites (tertiary alicyclic amines) is 1. The van der Waals surface area contributed by atoms with E-state index in [1.165, 1.54) is 0 Å². The van der Waals surface area contributed by atoms with E-state index in [0.717, 1.165) is 32.0 Å². The summed E-state index contributed by atoms with van der Waals surface area (Å²) in [4.78, 5) is 16.7. The normalized spacial score (nSPS) is 29.0. The second-order valence-electron chi connectivity index (χ2n) is 6.59. The van der Waals surface area contributed by atoms with Crippen LogP contribution >= 0.6 is 0 Å². The number of anilines is 1. The molecule has 0 spiro atoms. The van der Waals surface area contributed by atoms with Crippen LogP contribution in [0.25, 0.3) is 0 Å². The summed E-state index contributed by atoms with van der Waals surface area (Å²) in [6, 6.07) is 7.76. The molecule has 120 valence electrons. The van der Waals surface area contributed by atoms with Gasteiger partial charge < -0.3 is 19.6 Å². The molecule has 2 aliphatic heterocycles. The fourth-order valence-electron chi connectivity index (χ4n) is 3.13. The van der Waals surface area contributed by atoms with Gasteiger partial charge >= 0.3 is 0 Å². The summed E-state index contributed by atoms with van der Waals surface area (Å²) in [5, 5.41) is 10.3. The fourth-order valence-corrected chi connectivity index (χ4v) is 3.13. The molecule has 2 saturated heterocycles. The zero-order chi connectivity index (χ0) is 15.7. The molecule has 2 unspecified atom stereocenters. The number of hydrogen-bond acceptors (Lipinski definition) is 4. The second kappa shape index (κ2) is 5.89. The van der Waals surface area contributed by atoms with Crippen LogP contribution in [0.4, 0.5) is 5.69 Å². The fraction of sp³-hybridized carbons (Fsp3) is 0.588. The smallest absolute Gasteiger partial charge is 0.254 e. The molecule has 2 aliphatic rings. The van der Waals surface area contributed by atoms with Gasteiger partial charge in [-0.3, -0.25) is 4.79 Å². The van der Waals surface area contributed by atoms with E-state index in [1.807, 2.05) is 31.2 Å². The van der Waals surface area contributed by atoms with Gasteiger partial charge in [-0.25, -0.2) is 0 Å². The van der Waals surface area contributed by atoms with E-state index >= 15 is 0 Å². The van der Waals surface area contributed by atoms with Gasteiger partial charge in [-0.05, 0) is 25.1 Å². The first kappa shape index (κ1) is 15.3. The molecule has 2 atom stereocenters. The number of β-amino-alcohol motifs (C(OH)–C–C–N with tert-alkyl or cyclic N) is 1. The van der Waals surface area contributed by atoms with Gasteiger partial charge in [0.25, 0.3) is 5.91 Å². The van der Waals surface area contributed by atoms with Crippen molar-refractivity contribution in [3.8, 4) is 0 Å². The maximum Gasteiger partial charge on any atom is 0.254 e. The highest BCUT2D eigenvalue weighted by Crippen LogP contribution is 2.28. The van der Waals surface area contributed by atoms with Crippen LogP contribution in [0.2, 0.25) is 0 Å². The average Bonchev–Trinajstić information content (AvgIpc) is 2.81. The van der Waals surface area contributed by atoms with Crippen LogP contribution in [0, 0.1) is 5.92 Å². The number of carbonyl (C=O) groups is 1. The summed E-state index contributed by atoms with van der Waals surface area (Å²) in [6.07, 6.45) is 0. The summed E-state index contributed by atoms with van der Waals surface area (Å²) in [6.45, 7) is 7.95. The van der Waals surface area contributed by atoms with Gasteiger partial charge in [0.1, 0.15) is 0 Å². The van der Waals surface area contributed by atoms with E-state index in [1.54, 1.807) is 11.8 Å². The molecular weight excluding hydrogens is 280 g/mol. The molecule has 5 nitrogen and oxygen atoms in total. The monoisotopic (exact) mass is 304 g/mol. The Kier molecular flexibility index (Phi) is 4.10. The zero-order valence-corrected chi connectivity index (χ0v) is 13.3. The zero-order valence-electron chi connectivity index (χ0n) is 13.3. The Balaban J connectivity index is 1.76. The Morgan fingerprint density at radius 3 is 2.73 bits per heavy atom. The highest BCUT2D eigenvalue weighted by Gasteiger charge is 2.40. The van der Waals surface area contributed by atoms with E-state index in [4.69, 9.17) is 4.74 Å². The maximum atomic E-state index is 12.7. The van der Waals surface area contributed by atoms with Crippen LogP contribution in [0.15, 0.2) is 24.3 Å². The predicted octanol–water partition coefficient (Wildman–Crippen LogP) is 1.37. The Morgan fingerprint density at radius 1 is 1.36 bits per heavy atom. The van der Waals surface area contributed by atoms with Crippen LogP contribution in [-0.2, 0) is 4.74 Å². The van der Waals surface area contributed by atoms with Crippen molar-refractivity contribution in [3.63, 3.8) is 0 Å². The Morgan fingerprint density at radius 2 is 2.09 bits per heavy atom. The molecule has 1 aromatic carbocycles. The summed E-state index contributed by atoms with van der Waals surface area (Å²) < 4.78 is 5.37. The number of benzene rings is 1. The van der Waals surface area contributed by atoms with Gasteiger partial charge in [-0.1, -0.05) is 13.0 Å². The van der Waals surface area contributed by atoms with Crippen molar-refractivity contribution < 1.29 is 14.6 Å². The molecule has 0 bridgehead atoms. The number of aliphatic hydroxyl groups is 1. The molecule has 3 rings (SSSR count). The number of morpholine rings is 1. The first-order valence-corrected chi connectivity index (χ1v) is 7.92. The lowest BCUT2D eigenvalue weighted by Crippen LogP contribution is -2.37. The average molecular weight is 304 g/mol. The third kappa shape index (κ3) is 2.96. The number of carbonyl (C=O) groups excluding carboxylic acids is 1. The summed E-state index contributed by atoms with van der Waals surface area (Å²) >= 11 is 0. The molecule has 1 amide bonds. The quantitative estimate of drug-likeness (QED) is 0.896. The largest absolute Gasteiger partial charge is 0.388 e. The van der Waals surface area contributed by atoms with Gasteiger partial charge in [0, 0.05) is 43.3 Å². The van der Waals surface area contributed by atoms with Gasteiger partial charge in [-0.2, -0.15) is 0 Å². The highest BCUT2D eigenvalue weighted by molar-refractivity contribution is 5.95. The van der Waals surface area contributed by atoms with Crippen LogP contribution in [0.5, 0.6) is 0 Å². The van der Waals surface area contributed by atoms with Crippen molar-refractivity contribution in [2.75, 3.05) is 44.3 Å². The third-order valence-electron chi connectivity index (χ3n) is 4.82. The molecule has 1 N–H and O–H groups in total. The van der Waals surface area contributed by atoms with Gasteiger partial charge in [-0.15, -0.1) is 0 Å². The summed E-state index contributed by atoms with van der Waals surface area (Å²) in [5.74, 6) is 0.0959. The molecule has 1 aromatic rings. The SMILES string of the molecule is CC1CN(C(=O)c2cccc(N3CCOCC3)c2)CC1(C)O. The van der Waals surface area contributed by atoms with E-state index in [9.17, 15) is 9.90 Å². The van der Waals surface area contributed by atoms with Crippen molar-refractivity contribution in [2.45, 2.75) is 19.4 Å². The minimum atomic E-state index is -0.794. The van der Waals surface area contributed by atoms with E-state index in [2.05, 4.69) is 4.90 Å². The van der Waals surface area contributed by atoms with E-state index in [0.29, 0.717) is 18.7 Å². The number of ether oxygens (including phenoxy) is 1. The Bertz CT molecular complexity index is 553. The third-order valence-corrected chi connectivity index (χ3v) is 4.82. The van der Waals surface area contributed by atoms with Crippen LogP contribution in [-0.4, -0.2) is 60.9 Å². The molecule has 2 heterocycles. The molecule has 0 aliphatic carbocycles. The van der Waals surface area contributed by atoms with Crippen molar-refractivity contribution in [1.29, 1.82) is 0 Å². The molecule has 0 saturated carbocycles. The number of nitrogens with zero attached hydrogens (tertiary/aromatic N) is 2. The number of hydrogen-bond donors (Lipinski definition) is 1. The van der Waals surface area contributed by atoms with E-state index < -0.39 is 5.60 Å². The first-order chi connectivity index (χ1) is 10.5. The Labute approximate surface area is 131 Å². The summed E-state index contributed by atoms with van der Waals surface area (Å²) in [7, 11) is 0. The number of rotatable bonds is 2. The lowest BCUT2D eigenvalue weighted by Gasteiger charge is -2.29. The van der Waals surface area contributed by atoms with Crippen molar-refractivity contribution in [3.05, 3.63) is 29.8 Å². The van der Waals surface area contributed by atoms with Crippen molar-refractivity contribution in [2.24, 2.45) is 5.92 Å². The predicted molar refractivity (Wildman–Crippen MR) is 85.2 cm³/mol. The Hall–Kier alpha value is -1.59. The minimum absolute atomic E-state index is 0.000246. The molecule has 0 aromatic heterocycles. The van der Waals surface area contributed by atoms with Crippen molar-refractivity contribution >= 4 is 11.6 Å². The molecule has 22 heavy (non-hydrogen) atoms. The minimum Gasteiger partial charge on any atom is -0.388 e. The molecule has 2 fully saturated rings. The lowest BCUT2D eigenvalue weighted by atomic mass is 9.95. The van der Waals surface area contributed by atoms with Crippen LogP contribution in [0.1, 0.15) is 24.2 Å². The first-order valence-electron chi connectivity index (χ1n) is 7.92. The van der Waals surface area contributed by atoms with Gasteiger partial charge in [0.15, 0.2) is 0 Å². The van der Waals surface area contributed by atoms with Gasteiger partial charge in [0.05, 0.1) is 18.8 Å². The second-order valence-corrected chi connectivity index (χ2v) is 6.59. The highest BCUT2D eigenvalue weighted by atomic mass is 16.5. The summed E-state index contributed by atoms with van der Waals surface area (Å²) in [5.41, 5.74) is 0.958.